The Labute approximate surface area is 266 Å². The molecular formula is C30H41N13O3. The van der Waals surface area contributed by atoms with Crippen LogP contribution in [-0.2, 0) is 9.59 Å². The normalized spacial score (nSPS) is 12.2. The Hall–Kier alpha value is -5.22. The molecule has 0 aliphatic heterocycles. The second-order valence-electron chi connectivity index (χ2n) is 11.2. The van der Waals surface area contributed by atoms with Crippen molar-refractivity contribution in [3.05, 3.63) is 52.9 Å². The zero-order chi connectivity index (χ0) is 33.1. The summed E-state index contributed by atoms with van der Waals surface area (Å²) in [6.45, 7) is 4.57. The highest BCUT2D eigenvalue weighted by atomic mass is 16.2. The SMILES string of the molecule is CC(=O)C(/N=N\c1ccc(Nc2nc(NCCCN(C)C)nc(NCCCN(C)C)n2)cc1)C(=O)Nc1ccc2[nH]c(=O)[nH]c2c1. The van der Waals surface area contributed by atoms with Gasteiger partial charge in [0.25, 0.3) is 5.91 Å². The molecule has 0 spiro atoms. The van der Waals surface area contributed by atoms with Crippen LogP contribution in [0, 0.1) is 0 Å². The van der Waals surface area contributed by atoms with E-state index in [0.717, 1.165) is 25.9 Å². The van der Waals surface area contributed by atoms with Crippen LogP contribution in [0.1, 0.15) is 19.8 Å². The summed E-state index contributed by atoms with van der Waals surface area (Å²) in [6.07, 6.45) is 1.86. The van der Waals surface area contributed by atoms with Crippen LogP contribution in [0.5, 0.6) is 0 Å². The number of fused-ring (bicyclic) bond motifs is 1. The number of carbonyl (C=O) groups excluding carboxylic acids is 2. The third-order valence-electron chi connectivity index (χ3n) is 6.59. The van der Waals surface area contributed by atoms with E-state index in [1.165, 1.54) is 6.92 Å². The van der Waals surface area contributed by atoms with Gasteiger partial charge in [-0.15, -0.1) is 0 Å². The number of aromatic nitrogens is 5. The second kappa shape index (κ2) is 16.2. The highest BCUT2D eigenvalue weighted by Gasteiger charge is 2.23. The average molecular weight is 632 g/mol. The summed E-state index contributed by atoms with van der Waals surface area (Å²) in [4.78, 5) is 59.7. The molecule has 0 bridgehead atoms. The fourth-order valence-electron chi connectivity index (χ4n) is 4.29. The summed E-state index contributed by atoms with van der Waals surface area (Å²) in [6, 6.07) is 10.4. The molecule has 16 nitrogen and oxygen atoms in total. The van der Waals surface area contributed by atoms with Crippen LogP contribution < -0.4 is 27.0 Å². The van der Waals surface area contributed by atoms with E-state index in [4.69, 9.17) is 0 Å². The van der Waals surface area contributed by atoms with Gasteiger partial charge in [0.1, 0.15) is 0 Å². The topological polar surface area (TPSA) is 201 Å². The summed E-state index contributed by atoms with van der Waals surface area (Å²) in [5.41, 5.74) is 2.31. The molecule has 6 N–H and O–H groups in total. The zero-order valence-electron chi connectivity index (χ0n) is 26.7. The molecule has 2 aromatic carbocycles. The van der Waals surface area contributed by atoms with Gasteiger partial charge in [0.15, 0.2) is 5.78 Å². The van der Waals surface area contributed by atoms with Crippen molar-refractivity contribution in [1.29, 1.82) is 0 Å². The number of azo groups is 1. The highest BCUT2D eigenvalue weighted by molar-refractivity contribution is 6.10. The predicted octanol–water partition coefficient (Wildman–Crippen LogP) is 3.19. The number of carbonyl (C=O) groups is 2. The number of nitrogens with zero attached hydrogens (tertiary/aromatic N) is 7. The molecule has 244 valence electrons. The van der Waals surface area contributed by atoms with Crippen molar-refractivity contribution >= 4 is 57.6 Å². The summed E-state index contributed by atoms with van der Waals surface area (Å²) in [5.74, 6) is 0.185. The van der Waals surface area contributed by atoms with E-state index in [9.17, 15) is 14.4 Å². The van der Waals surface area contributed by atoms with E-state index in [2.05, 4.69) is 66.2 Å². The van der Waals surface area contributed by atoms with Gasteiger partial charge < -0.3 is 41.0 Å². The van der Waals surface area contributed by atoms with E-state index < -0.39 is 17.7 Å². The Kier molecular flexibility index (Phi) is 11.9. The number of rotatable bonds is 17. The lowest BCUT2D eigenvalue weighted by atomic mass is 10.2. The lowest BCUT2D eigenvalue weighted by Crippen LogP contribution is -2.31. The molecule has 0 aliphatic carbocycles. The molecule has 0 aliphatic rings. The fraction of sp³-hybridized carbons (Fsp3) is 0.400. The van der Waals surface area contributed by atoms with Crippen LogP contribution in [-0.4, -0.2) is 107 Å². The number of nitrogens with one attached hydrogen (secondary N) is 6. The maximum atomic E-state index is 12.8. The van der Waals surface area contributed by atoms with Crippen LogP contribution >= 0.6 is 0 Å². The maximum absolute atomic E-state index is 12.8. The number of imidazole rings is 1. The fourth-order valence-corrected chi connectivity index (χ4v) is 4.29. The van der Waals surface area contributed by atoms with Crippen molar-refractivity contribution in [3.8, 4) is 0 Å². The minimum Gasteiger partial charge on any atom is -0.354 e. The quantitative estimate of drug-likeness (QED) is 0.0568. The summed E-state index contributed by atoms with van der Waals surface area (Å²) < 4.78 is 0. The minimum absolute atomic E-state index is 0.357. The third kappa shape index (κ3) is 10.4. The van der Waals surface area contributed by atoms with E-state index in [-0.39, 0.29) is 5.69 Å². The largest absolute Gasteiger partial charge is 0.354 e. The minimum atomic E-state index is -1.35. The van der Waals surface area contributed by atoms with Gasteiger partial charge in [-0.05, 0) is 104 Å². The Morgan fingerprint density at radius 2 is 1.37 bits per heavy atom. The molecule has 4 aromatic rings. The molecule has 2 aromatic heterocycles. The molecule has 46 heavy (non-hydrogen) atoms. The Morgan fingerprint density at radius 3 is 1.96 bits per heavy atom. The standard InChI is InChI=1S/C30H41N13O3/c1-19(44)25(26(45)33-22-12-13-23-24(18-22)36-30(46)35-23)41-40-21-10-8-20(9-11-21)34-29-38-27(31-14-6-16-42(2)3)37-28(39-29)32-15-7-17-43(4)5/h8-13,18,25H,6-7,14-17H2,1-5H3,(H,33,45)(H2,35,36,46)(H3,31,32,34,37,38,39)/b41-40-. The summed E-state index contributed by atoms with van der Waals surface area (Å²) in [7, 11) is 8.13. The Morgan fingerprint density at radius 1 is 0.804 bits per heavy atom. The van der Waals surface area contributed by atoms with Crippen LogP contribution in [0.4, 0.5) is 34.9 Å². The van der Waals surface area contributed by atoms with Gasteiger partial charge in [0.2, 0.25) is 23.9 Å². The van der Waals surface area contributed by atoms with Gasteiger partial charge in [0.05, 0.1) is 16.7 Å². The molecule has 16 heteroatoms. The molecule has 0 saturated heterocycles. The first-order valence-corrected chi connectivity index (χ1v) is 14.9. The van der Waals surface area contributed by atoms with Crippen molar-refractivity contribution in [1.82, 2.24) is 34.7 Å². The summed E-state index contributed by atoms with van der Waals surface area (Å²) >= 11 is 0. The Bertz CT molecular complexity index is 1660. The number of Topliss-reactive ketones (excluding diaryl/α,β-unsaturated/α-hetero) is 1. The number of hydrogen-bond donors (Lipinski definition) is 6. The van der Waals surface area contributed by atoms with Gasteiger partial charge in [-0.1, -0.05) is 0 Å². The van der Waals surface area contributed by atoms with Gasteiger partial charge in [0, 0.05) is 24.5 Å². The van der Waals surface area contributed by atoms with Crippen LogP contribution in [0.3, 0.4) is 0 Å². The monoisotopic (exact) mass is 631 g/mol. The van der Waals surface area contributed by atoms with Crippen molar-refractivity contribution in [2.24, 2.45) is 10.2 Å². The number of H-pyrrole nitrogens is 2. The Balaban J connectivity index is 1.40. The van der Waals surface area contributed by atoms with Gasteiger partial charge >= 0.3 is 5.69 Å². The zero-order valence-corrected chi connectivity index (χ0v) is 26.7. The summed E-state index contributed by atoms with van der Waals surface area (Å²) in [5, 5.41) is 20.5. The smallest absolute Gasteiger partial charge is 0.323 e. The first kappa shape index (κ1) is 33.7. The molecule has 0 saturated carbocycles. The number of benzene rings is 2. The van der Waals surface area contributed by atoms with Gasteiger partial charge in [-0.2, -0.15) is 25.2 Å². The van der Waals surface area contributed by atoms with E-state index in [1.54, 1.807) is 42.5 Å². The number of hydrogen-bond acceptors (Lipinski definition) is 13. The van der Waals surface area contributed by atoms with Crippen LogP contribution in [0.2, 0.25) is 0 Å². The van der Waals surface area contributed by atoms with Crippen LogP contribution in [0.15, 0.2) is 57.5 Å². The van der Waals surface area contributed by atoms with E-state index in [0.29, 0.717) is 59.0 Å². The molecule has 1 amide bonds. The first-order valence-electron chi connectivity index (χ1n) is 14.9. The van der Waals surface area contributed by atoms with Gasteiger partial charge in [-0.3, -0.25) is 9.59 Å². The number of anilines is 5. The number of aromatic amines is 2. The molecular weight excluding hydrogens is 590 g/mol. The maximum Gasteiger partial charge on any atom is 0.323 e. The predicted molar refractivity (Wildman–Crippen MR) is 179 cm³/mol. The molecule has 4 rings (SSSR count). The number of amides is 1. The second-order valence-corrected chi connectivity index (χ2v) is 11.2. The number of ketones is 1. The highest BCUT2D eigenvalue weighted by Crippen LogP contribution is 2.21. The lowest BCUT2D eigenvalue weighted by molar-refractivity contribution is -0.126. The molecule has 1 atom stereocenters. The average Bonchev–Trinajstić information content (AvgIpc) is 3.37. The van der Waals surface area contributed by atoms with Crippen LogP contribution in [0.25, 0.3) is 11.0 Å². The molecule has 0 radical (unpaired) electrons. The first-order chi connectivity index (χ1) is 22.0. The molecule has 0 fully saturated rings. The lowest BCUT2D eigenvalue weighted by Gasteiger charge is -2.13. The van der Waals surface area contributed by atoms with E-state index in [1.807, 2.05) is 28.2 Å². The van der Waals surface area contributed by atoms with Crippen molar-refractivity contribution in [2.45, 2.75) is 25.8 Å². The van der Waals surface area contributed by atoms with Crippen molar-refractivity contribution < 1.29 is 9.59 Å². The third-order valence-corrected chi connectivity index (χ3v) is 6.59. The van der Waals surface area contributed by atoms with Gasteiger partial charge in [-0.25, -0.2) is 4.79 Å². The van der Waals surface area contributed by atoms with Crippen molar-refractivity contribution in [2.75, 3.05) is 75.6 Å². The van der Waals surface area contributed by atoms with E-state index >= 15 is 0 Å². The van der Waals surface area contributed by atoms with Crippen molar-refractivity contribution in [3.63, 3.8) is 0 Å². The molecule has 2 heterocycles. The molecule has 1 unspecified atom stereocenters.